The summed E-state index contributed by atoms with van der Waals surface area (Å²) in [5, 5.41) is 0. The van der Waals surface area contributed by atoms with E-state index in [1.54, 1.807) is 31.2 Å². The van der Waals surface area contributed by atoms with Crippen LogP contribution in [0.15, 0.2) is 41.3 Å². The Labute approximate surface area is 131 Å². The summed E-state index contributed by atoms with van der Waals surface area (Å²) in [7, 11) is 0. The van der Waals surface area contributed by atoms with Crippen molar-refractivity contribution >= 4 is 17.6 Å². The number of aromatic nitrogens is 2. The number of aromatic amines is 1. The van der Waals surface area contributed by atoms with Crippen LogP contribution in [0.1, 0.15) is 18.9 Å². The molecule has 0 radical (unpaired) electrons. The van der Waals surface area contributed by atoms with Gasteiger partial charge < -0.3 is 9.57 Å². The molecule has 0 saturated carbocycles. The van der Waals surface area contributed by atoms with Gasteiger partial charge in [-0.15, -0.1) is 0 Å². The molecular weight excluding hydrogens is 302 g/mol. The lowest BCUT2D eigenvalue weighted by atomic mass is 10.2. The normalized spacial score (nSPS) is 9.96. The fourth-order valence-corrected chi connectivity index (χ4v) is 1.59. The quantitative estimate of drug-likeness (QED) is 0.608. The van der Waals surface area contributed by atoms with Crippen molar-refractivity contribution in [1.82, 2.24) is 9.97 Å². The van der Waals surface area contributed by atoms with Gasteiger partial charge in [0.2, 0.25) is 0 Å². The zero-order valence-electron chi connectivity index (χ0n) is 12.4. The third-order valence-corrected chi connectivity index (χ3v) is 2.74. The lowest BCUT2D eigenvalue weighted by Crippen LogP contribution is -2.20. The van der Waals surface area contributed by atoms with Crippen molar-refractivity contribution in [2.75, 3.05) is 5.48 Å². The second-order valence-electron chi connectivity index (χ2n) is 4.50. The van der Waals surface area contributed by atoms with Gasteiger partial charge in [-0.3, -0.25) is 14.6 Å². The molecule has 0 aliphatic carbocycles. The first kappa shape index (κ1) is 16.2. The van der Waals surface area contributed by atoms with Crippen LogP contribution in [0.4, 0.5) is 5.69 Å². The largest absolute Gasteiger partial charge is 0.392 e. The Morgan fingerprint density at radius 3 is 2.61 bits per heavy atom. The number of benzene rings is 1. The molecule has 1 aromatic carbocycles. The van der Waals surface area contributed by atoms with Crippen molar-refractivity contribution in [2.45, 2.75) is 19.8 Å². The number of rotatable bonds is 6. The van der Waals surface area contributed by atoms with E-state index in [0.29, 0.717) is 0 Å². The number of H-pyrrole nitrogens is 1. The number of carbonyl (C=O) groups is 2. The van der Waals surface area contributed by atoms with Crippen molar-refractivity contribution in [1.29, 1.82) is 0 Å². The molecule has 0 aliphatic rings. The van der Waals surface area contributed by atoms with E-state index in [2.05, 4.69) is 15.4 Å². The summed E-state index contributed by atoms with van der Waals surface area (Å²) in [5.74, 6) is -1.08. The first-order valence-corrected chi connectivity index (χ1v) is 6.88. The van der Waals surface area contributed by atoms with E-state index in [9.17, 15) is 14.4 Å². The lowest BCUT2D eigenvalue weighted by Gasteiger charge is -2.06. The smallest absolute Gasteiger partial charge is 0.336 e. The van der Waals surface area contributed by atoms with Gasteiger partial charge in [0.1, 0.15) is 0 Å². The van der Waals surface area contributed by atoms with E-state index in [4.69, 9.17) is 9.57 Å². The van der Waals surface area contributed by atoms with E-state index in [-0.39, 0.29) is 24.5 Å². The van der Waals surface area contributed by atoms with Crippen LogP contribution < -0.4 is 15.8 Å². The molecule has 0 bridgehead atoms. The average molecular weight is 317 g/mol. The molecule has 8 nitrogen and oxygen atoms in total. The molecule has 0 unspecified atom stereocenters. The Morgan fingerprint density at radius 2 is 1.96 bits per heavy atom. The third kappa shape index (κ3) is 4.95. The number of nitrogens with one attached hydrogen (secondary N) is 2. The molecule has 0 atom stereocenters. The van der Waals surface area contributed by atoms with Crippen molar-refractivity contribution in [3.63, 3.8) is 0 Å². The van der Waals surface area contributed by atoms with Crippen LogP contribution in [0, 0.1) is 0 Å². The molecule has 2 rings (SSSR count). The van der Waals surface area contributed by atoms with Crippen molar-refractivity contribution in [3.05, 3.63) is 52.4 Å². The van der Waals surface area contributed by atoms with Crippen molar-refractivity contribution in [3.8, 4) is 6.01 Å². The van der Waals surface area contributed by atoms with Crippen LogP contribution >= 0.6 is 0 Å². The van der Waals surface area contributed by atoms with Crippen LogP contribution in [0.2, 0.25) is 0 Å². The minimum absolute atomic E-state index is 0.0609. The van der Waals surface area contributed by atoms with E-state index < -0.39 is 17.5 Å². The van der Waals surface area contributed by atoms with Gasteiger partial charge in [0, 0.05) is 6.42 Å². The zero-order chi connectivity index (χ0) is 16.7. The molecular formula is C15H15N3O5. The Kier molecular flexibility index (Phi) is 5.45. The number of hydrogen-bond acceptors (Lipinski definition) is 7. The maximum Gasteiger partial charge on any atom is 0.336 e. The second kappa shape index (κ2) is 7.74. The van der Waals surface area contributed by atoms with E-state index >= 15 is 0 Å². The summed E-state index contributed by atoms with van der Waals surface area (Å²) in [6.07, 6.45) is 1.32. The maximum absolute atomic E-state index is 11.7. The zero-order valence-corrected chi connectivity index (χ0v) is 12.4. The maximum atomic E-state index is 11.7. The van der Waals surface area contributed by atoms with Crippen molar-refractivity contribution < 1.29 is 19.2 Å². The monoisotopic (exact) mass is 317 g/mol. The highest BCUT2D eigenvalue weighted by molar-refractivity contribution is 5.73. The minimum Gasteiger partial charge on any atom is -0.392 e. The van der Waals surface area contributed by atoms with Crippen LogP contribution in [0.3, 0.4) is 0 Å². The van der Waals surface area contributed by atoms with E-state index in [1.165, 1.54) is 0 Å². The Hall–Kier alpha value is -3.16. The van der Waals surface area contributed by atoms with Crippen molar-refractivity contribution in [2.24, 2.45) is 0 Å². The molecule has 8 heteroatoms. The lowest BCUT2D eigenvalue weighted by molar-refractivity contribution is -0.139. The third-order valence-electron chi connectivity index (χ3n) is 2.74. The molecule has 0 saturated heterocycles. The highest BCUT2D eigenvalue weighted by atomic mass is 16.7. The molecule has 0 amide bonds. The Balaban J connectivity index is 1.91. The van der Waals surface area contributed by atoms with Gasteiger partial charge in [-0.1, -0.05) is 37.3 Å². The summed E-state index contributed by atoms with van der Waals surface area (Å²) in [4.78, 5) is 45.3. The molecule has 2 N–H and O–H groups in total. The number of carbonyl (C=O) groups excluding carboxylic acids is 2. The molecule has 1 heterocycles. The predicted molar refractivity (Wildman–Crippen MR) is 80.6 cm³/mol. The summed E-state index contributed by atoms with van der Waals surface area (Å²) >= 11 is 0. The number of ether oxygens (including phenoxy) is 1. The average Bonchev–Trinajstić information content (AvgIpc) is 2.55. The molecule has 1 aromatic heterocycles. The van der Waals surface area contributed by atoms with Crippen LogP contribution in [0.5, 0.6) is 6.01 Å². The molecule has 0 fully saturated rings. The summed E-state index contributed by atoms with van der Waals surface area (Å²) < 4.78 is 4.76. The number of nitrogens with zero attached hydrogens (tertiary/aromatic N) is 1. The Bertz CT molecular complexity index is 742. The topological polar surface area (TPSA) is 110 Å². The number of esters is 1. The summed E-state index contributed by atoms with van der Waals surface area (Å²) in [6, 6.07) is 8.80. The van der Waals surface area contributed by atoms with Crippen LogP contribution in [-0.4, -0.2) is 21.9 Å². The predicted octanol–water partition coefficient (Wildman–Crippen LogP) is 1.20. The van der Waals surface area contributed by atoms with Gasteiger partial charge in [-0.2, -0.15) is 0 Å². The highest BCUT2D eigenvalue weighted by Crippen LogP contribution is 2.05. The fourth-order valence-electron chi connectivity index (χ4n) is 1.59. The molecule has 0 spiro atoms. The van der Waals surface area contributed by atoms with Gasteiger partial charge in [-0.25, -0.2) is 15.3 Å². The van der Waals surface area contributed by atoms with Gasteiger partial charge in [0.15, 0.2) is 5.69 Å². The Morgan fingerprint density at radius 1 is 1.22 bits per heavy atom. The fraction of sp³-hybridized carbons (Fsp3) is 0.200. The van der Waals surface area contributed by atoms with Gasteiger partial charge in [0.05, 0.1) is 12.6 Å². The van der Waals surface area contributed by atoms with E-state index in [0.717, 1.165) is 11.8 Å². The standard InChI is InChI=1S/C15H15N3O5/c1-2-12(19)22-15-16-9-11(14(21)17-15)18-23-13(20)8-10-6-4-3-5-7-10/h3-7,9,18H,2,8H2,1H3,(H,16,17,21). The molecule has 2 aromatic rings. The van der Waals surface area contributed by atoms with Gasteiger partial charge >= 0.3 is 17.9 Å². The number of anilines is 1. The van der Waals surface area contributed by atoms with Gasteiger partial charge in [0.25, 0.3) is 5.56 Å². The van der Waals surface area contributed by atoms with Gasteiger partial charge in [-0.05, 0) is 5.56 Å². The first-order chi connectivity index (χ1) is 11.1. The van der Waals surface area contributed by atoms with Crippen LogP contribution in [0.25, 0.3) is 0 Å². The number of hydrogen-bond donors (Lipinski definition) is 2. The first-order valence-electron chi connectivity index (χ1n) is 6.88. The van der Waals surface area contributed by atoms with E-state index in [1.807, 2.05) is 6.07 Å². The highest BCUT2D eigenvalue weighted by Gasteiger charge is 2.09. The molecule has 0 aliphatic heterocycles. The summed E-state index contributed by atoms with van der Waals surface area (Å²) in [6.45, 7) is 1.61. The SMILES string of the molecule is CCC(=O)Oc1ncc(NOC(=O)Cc2ccccc2)c(=O)[nH]1. The van der Waals surface area contributed by atoms with Crippen LogP contribution in [-0.2, 0) is 20.8 Å². The summed E-state index contributed by atoms with van der Waals surface area (Å²) in [5.41, 5.74) is 2.30. The molecule has 120 valence electrons. The minimum atomic E-state index is -0.633. The second-order valence-corrected chi connectivity index (χ2v) is 4.50. The molecule has 23 heavy (non-hydrogen) atoms.